The van der Waals surface area contributed by atoms with Crippen LogP contribution in [-0.2, 0) is 12.8 Å². The van der Waals surface area contributed by atoms with E-state index in [1.54, 1.807) is 0 Å². The molecule has 0 radical (unpaired) electrons. The fourth-order valence-electron chi connectivity index (χ4n) is 2.56. The molecule has 20 heavy (non-hydrogen) atoms. The van der Waals surface area contributed by atoms with Crippen LogP contribution in [0.25, 0.3) is 0 Å². The summed E-state index contributed by atoms with van der Waals surface area (Å²) in [6, 6.07) is 12.9. The number of hydrogen-bond acceptors (Lipinski definition) is 3. The molecule has 1 unspecified atom stereocenters. The van der Waals surface area contributed by atoms with E-state index in [1.807, 2.05) is 12.4 Å². The number of aromatic nitrogens is 1. The Morgan fingerprint density at radius 1 is 1.20 bits per heavy atom. The third-order valence-corrected chi connectivity index (χ3v) is 3.70. The summed E-state index contributed by atoms with van der Waals surface area (Å²) in [5.41, 5.74) is 6.88. The number of nitrogens with two attached hydrogens (primary N) is 1. The van der Waals surface area contributed by atoms with Gasteiger partial charge in [0.1, 0.15) is 0 Å². The van der Waals surface area contributed by atoms with Crippen LogP contribution in [0.1, 0.15) is 42.5 Å². The number of aryl methyl sites for hydroxylation is 2. The van der Waals surface area contributed by atoms with Gasteiger partial charge in [-0.25, -0.2) is 0 Å². The average molecular weight is 269 g/mol. The van der Waals surface area contributed by atoms with Crippen LogP contribution >= 0.6 is 0 Å². The first-order valence-corrected chi connectivity index (χ1v) is 7.28. The highest BCUT2D eigenvalue weighted by atomic mass is 15.2. The SMILES string of the molecule is CCc1cnccc1C(CCCc1ccccc1)NN. The number of rotatable bonds is 7. The highest BCUT2D eigenvalue weighted by Crippen LogP contribution is 2.22. The van der Waals surface area contributed by atoms with E-state index in [-0.39, 0.29) is 6.04 Å². The van der Waals surface area contributed by atoms with Gasteiger partial charge >= 0.3 is 0 Å². The van der Waals surface area contributed by atoms with Gasteiger partial charge in [0.05, 0.1) is 0 Å². The molecular weight excluding hydrogens is 246 g/mol. The predicted molar refractivity (Wildman–Crippen MR) is 83.1 cm³/mol. The molecule has 106 valence electrons. The van der Waals surface area contributed by atoms with Gasteiger partial charge in [-0.15, -0.1) is 0 Å². The van der Waals surface area contributed by atoms with Crippen molar-refractivity contribution in [1.29, 1.82) is 0 Å². The summed E-state index contributed by atoms with van der Waals surface area (Å²) in [4.78, 5) is 4.19. The van der Waals surface area contributed by atoms with E-state index in [0.717, 1.165) is 25.7 Å². The zero-order chi connectivity index (χ0) is 14.2. The van der Waals surface area contributed by atoms with Gasteiger partial charge in [0.2, 0.25) is 0 Å². The van der Waals surface area contributed by atoms with Crippen molar-refractivity contribution < 1.29 is 0 Å². The molecular formula is C17H23N3. The topological polar surface area (TPSA) is 50.9 Å². The van der Waals surface area contributed by atoms with E-state index in [0.29, 0.717) is 0 Å². The van der Waals surface area contributed by atoms with Crippen LogP contribution in [0.5, 0.6) is 0 Å². The van der Waals surface area contributed by atoms with Gasteiger partial charge < -0.3 is 0 Å². The zero-order valence-corrected chi connectivity index (χ0v) is 12.0. The Balaban J connectivity index is 1.95. The molecule has 0 fully saturated rings. The van der Waals surface area contributed by atoms with Crippen molar-refractivity contribution in [3.8, 4) is 0 Å². The van der Waals surface area contributed by atoms with Gasteiger partial charge in [0.25, 0.3) is 0 Å². The molecule has 3 nitrogen and oxygen atoms in total. The summed E-state index contributed by atoms with van der Waals surface area (Å²) in [7, 11) is 0. The van der Waals surface area contributed by atoms with Gasteiger partial charge in [-0.2, -0.15) is 0 Å². The molecule has 1 aromatic heterocycles. The minimum Gasteiger partial charge on any atom is -0.271 e. The number of pyridine rings is 1. The first-order valence-electron chi connectivity index (χ1n) is 7.28. The predicted octanol–water partition coefficient (Wildman–Crippen LogP) is 3.17. The van der Waals surface area contributed by atoms with Crippen LogP contribution in [-0.4, -0.2) is 4.98 Å². The lowest BCUT2D eigenvalue weighted by atomic mass is 9.96. The lowest BCUT2D eigenvalue weighted by Gasteiger charge is -2.19. The molecule has 0 saturated heterocycles. The quantitative estimate of drug-likeness (QED) is 0.599. The van der Waals surface area contributed by atoms with Crippen LogP contribution in [0.15, 0.2) is 48.8 Å². The molecule has 1 heterocycles. The van der Waals surface area contributed by atoms with Crippen molar-refractivity contribution in [3.05, 3.63) is 65.5 Å². The van der Waals surface area contributed by atoms with Gasteiger partial charge in [-0.05, 0) is 48.4 Å². The standard InChI is InChI=1S/C17H23N3/c1-2-15-13-19-12-11-16(15)17(20-18)10-6-9-14-7-4-3-5-8-14/h3-5,7-8,11-13,17,20H,2,6,9-10,18H2,1H3. The van der Waals surface area contributed by atoms with Gasteiger partial charge in [-0.1, -0.05) is 37.3 Å². The van der Waals surface area contributed by atoms with Gasteiger partial charge in [-0.3, -0.25) is 16.3 Å². The highest BCUT2D eigenvalue weighted by Gasteiger charge is 2.12. The maximum absolute atomic E-state index is 5.74. The Kier molecular flexibility index (Phi) is 5.71. The third-order valence-electron chi connectivity index (χ3n) is 3.70. The lowest BCUT2D eigenvalue weighted by Crippen LogP contribution is -2.29. The van der Waals surface area contributed by atoms with Crippen molar-refractivity contribution in [2.75, 3.05) is 0 Å². The van der Waals surface area contributed by atoms with Crippen molar-refractivity contribution in [2.24, 2.45) is 5.84 Å². The van der Waals surface area contributed by atoms with Crippen LogP contribution in [0.4, 0.5) is 0 Å². The molecule has 0 aliphatic carbocycles. The molecule has 3 N–H and O–H groups in total. The first-order chi connectivity index (χ1) is 9.85. The van der Waals surface area contributed by atoms with E-state index in [2.05, 4.69) is 53.7 Å². The monoisotopic (exact) mass is 269 g/mol. The minimum atomic E-state index is 0.205. The third kappa shape index (κ3) is 3.89. The largest absolute Gasteiger partial charge is 0.271 e. The number of hydrazine groups is 1. The minimum absolute atomic E-state index is 0.205. The van der Waals surface area contributed by atoms with Crippen LogP contribution < -0.4 is 11.3 Å². The molecule has 2 rings (SSSR count). The van der Waals surface area contributed by atoms with E-state index in [9.17, 15) is 0 Å². The summed E-state index contributed by atoms with van der Waals surface area (Å²) >= 11 is 0. The Labute approximate surface area is 121 Å². The second-order valence-corrected chi connectivity index (χ2v) is 5.03. The van der Waals surface area contributed by atoms with Crippen LogP contribution in [0.3, 0.4) is 0 Å². The molecule has 1 atom stereocenters. The maximum atomic E-state index is 5.74. The Morgan fingerprint density at radius 2 is 2.00 bits per heavy atom. The average Bonchev–Trinajstić information content (AvgIpc) is 2.53. The second-order valence-electron chi connectivity index (χ2n) is 5.03. The van der Waals surface area contributed by atoms with Crippen molar-refractivity contribution in [1.82, 2.24) is 10.4 Å². The maximum Gasteiger partial charge on any atom is 0.0463 e. The molecule has 0 aliphatic heterocycles. The fraction of sp³-hybridized carbons (Fsp3) is 0.353. The van der Waals surface area contributed by atoms with E-state index >= 15 is 0 Å². The summed E-state index contributed by atoms with van der Waals surface area (Å²) in [5.74, 6) is 5.74. The molecule has 0 amide bonds. The number of nitrogens with zero attached hydrogens (tertiary/aromatic N) is 1. The molecule has 3 heteroatoms. The molecule has 0 spiro atoms. The van der Waals surface area contributed by atoms with Gasteiger partial charge in [0.15, 0.2) is 0 Å². The first kappa shape index (κ1) is 14.7. The summed E-state index contributed by atoms with van der Waals surface area (Å²) in [6.45, 7) is 2.15. The molecule has 1 aromatic carbocycles. The normalized spacial score (nSPS) is 12.3. The lowest BCUT2D eigenvalue weighted by molar-refractivity contribution is 0.495. The Morgan fingerprint density at radius 3 is 2.70 bits per heavy atom. The molecule has 2 aromatic rings. The van der Waals surface area contributed by atoms with Crippen molar-refractivity contribution >= 4 is 0 Å². The van der Waals surface area contributed by atoms with Crippen molar-refractivity contribution in [2.45, 2.75) is 38.6 Å². The fourth-order valence-corrected chi connectivity index (χ4v) is 2.56. The second kappa shape index (κ2) is 7.78. The highest BCUT2D eigenvalue weighted by molar-refractivity contribution is 5.26. The molecule has 0 saturated carbocycles. The van der Waals surface area contributed by atoms with Crippen LogP contribution in [0.2, 0.25) is 0 Å². The summed E-state index contributed by atoms with van der Waals surface area (Å²) < 4.78 is 0. The zero-order valence-electron chi connectivity index (χ0n) is 12.0. The van der Waals surface area contributed by atoms with Crippen molar-refractivity contribution in [3.63, 3.8) is 0 Å². The Bertz CT molecular complexity index is 511. The van der Waals surface area contributed by atoms with Crippen LogP contribution in [0, 0.1) is 0 Å². The molecule has 0 aliphatic rings. The number of nitrogens with one attached hydrogen (secondary N) is 1. The Hall–Kier alpha value is -1.71. The van der Waals surface area contributed by atoms with E-state index in [1.165, 1.54) is 16.7 Å². The van der Waals surface area contributed by atoms with E-state index in [4.69, 9.17) is 5.84 Å². The molecule has 0 bridgehead atoms. The van der Waals surface area contributed by atoms with Gasteiger partial charge in [0, 0.05) is 18.4 Å². The summed E-state index contributed by atoms with van der Waals surface area (Å²) in [6.07, 6.45) is 8.01. The smallest absolute Gasteiger partial charge is 0.0463 e. The number of benzene rings is 1. The number of hydrogen-bond donors (Lipinski definition) is 2. The summed E-state index contributed by atoms with van der Waals surface area (Å²) in [5, 5.41) is 0. The van der Waals surface area contributed by atoms with E-state index < -0.39 is 0 Å².